The summed E-state index contributed by atoms with van der Waals surface area (Å²) >= 11 is 1.73. The fraction of sp³-hybridized carbons (Fsp3) is 0.367. The van der Waals surface area contributed by atoms with Crippen LogP contribution in [0.25, 0.3) is 0 Å². The van der Waals surface area contributed by atoms with Crippen LogP contribution in [-0.4, -0.2) is 49.3 Å². The molecule has 3 aromatic rings. The van der Waals surface area contributed by atoms with Crippen LogP contribution >= 0.6 is 36.6 Å². The highest BCUT2D eigenvalue weighted by atomic mass is 35.5. The van der Waals surface area contributed by atoms with E-state index in [0.717, 1.165) is 30.8 Å². The Kier molecular flexibility index (Phi) is 10.9. The second-order valence-electron chi connectivity index (χ2n) is 9.83. The molecule has 1 amide bonds. The van der Waals surface area contributed by atoms with E-state index in [1.54, 1.807) is 18.9 Å². The third kappa shape index (κ3) is 6.16. The Balaban J connectivity index is 0.00000200. The summed E-state index contributed by atoms with van der Waals surface area (Å²) < 4.78 is 5.69. The Morgan fingerprint density at radius 2 is 1.68 bits per heavy atom. The zero-order valence-corrected chi connectivity index (χ0v) is 24.2. The lowest BCUT2D eigenvalue weighted by Crippen LogP contribution is -2.68. The highest BCUT2D eigenvalue weighted by Crippen LogP contribution is 2.44. The fourth-order valence-electron chi connectivity index (χ4n) is 6.32. The summed E-state index contributed by atoms with van der Waals surface area (Å²) in [6.45, 7) is 2.38. The Hall–Kier alpha value is -2.22. The van der Waals surface area contributed by atoms with Crippen LogP contribution in [-0.2, 0) is 11.3 Å². The molecule has 3 aliphatic rings. The van der Waals surface area contributed by atoms with Crippen molar-refractivity contribution in [2.75, 3.05) is 26.5 Å². The van der Waals surface area contributed by atoms with Gasteiger partial charge >= 0.3 is 0 Å². The van der Waals surface area contributed by atoms with Gasteiger partial charge in [-0.2, -0.15) is 0 Å². The first-order valence-corrected chi connectivity index (χ1v) is 13.9. The normalized spacial score (nSPS) is 23.8. The summed E-state index contributed by atoms with van der Waals surface area (Å²) in [5.41, 5.74) is 9.66. The van der Waals surface area contributed by atoms with Gasteiger partial charge in [0.1, 0.15) is 5.75 Å². The van der Waals surface area contributed by atoms with E-state index in [9.17, 15) is 4.79 Å². The minimum atomic E-state index is -0.187. The molecule has 3 fully saturated rings. The number of carbonyl (C=O) groups excluding carboxylic acids is 1. The Morgan fingerprint density at radius 3 is 2.24 bits per heavy atom. The van der Waals surface area contributed by atoms with Gasteiger partial charge in [0.05, 0.1) is 13.0 Å². The first-order chi connectivity index (χ1) is 17.6. The monoisotopic (exact) mass is 573 g/mol. The molecule has 3 saturated heterocycles. The molecule has 204 valence electrons. The van der Waals surface area contributed by atoms with E-state index in [-0.39, 0.29) is 60.6 Å². The van der Waals surface area contributed by atoms with Crippen LogP contribution in [0.15, 0.2) is 83.8 Å². The van der Waals surface area contributed by atoms with Crippen molar-refractivity contribution in [1.29, 1.82) is 0 Å². The number of benzene rings is 3. The van der Waals surface area contributed by atoms with Crippen LogP contribution in [0.2, 0.25) is 0 Å². The molecule has 38 heavy (non-hydrogen) atoms. The van der Waals surface area contributed by atoms with Gasteiger partial charge in [-0.25, -0.2) is 0 Å². The van der Waals surface area contributed by atoms with E-state index in [1.807, 2.05) is 6.07 Å². The van der Waals surface area contributed by atoms with E-state index in [1.165, 1.54) is 16.0 Å². The Bertz CT molecular complexity index is 1150. The van der Waals surface area contributed by atoms with Crippen LogP contribution in [0.1, 0.15) is 29.0 Å². The van der Waals surface area contributed by atoms with Crippen molar-refractivity contribution < 1.29 is 9.53 Å². The molecule has 0 saturated carbocycles. The molecule has 0 aliphatic carbocycles. The lowest BCUT2D eigenvalue weighted by atomic mass is 9.66. The molecule has 6 rings (SSSR count). The van der Waals surface area contributed by atoms with E-state index in [0.29, 0.717) is 6.54 Å². The number of halogens is 2. The number of hydrogen-bond donors (Lipinski definition) is 2. The van der Waals surface area contributed by atoms with Crippen molar-refractivity contribution in [2.24, 2.45) is 17.6 Å². The van der Waals surface area contributed by atoms with Gasteiger partial charge in [-0.1, -0.05) is 60.7 Å². The lowest BCUT2D eigenvalue weighted by Gasteiger charge is -2.56. The maximum Gasteiger partial charge on any atom is 0.222 e. The number of primary amides is 1. The van der Waals surface area contributed by atoms with Crippen LogP contribution in [0.5, 0.6) is 5.75 Å². The molecule has 5 unspecified atom stereocenters. The third-order valence-electron chi connectivity index (χ3n) is 7.99. The summed E-state index contributed by atoms with van der Waals surface area (Å²) in [5, 5.41) is 3.91. The quantitative estimate of drug-likeness (QED) is 0.337. The van der Waals surface area contributed by atoms with Crippen molar-refractivity contribution in [2.45, 2.75) is 35.9 Å². The molecular weight excluding hydrogens is 537 g/mol. The molecule has 5 nitrogen and oxygen atoms in total. The number of methoxy groups -OCH3 is 1. The average Bonchev–Trinajstić information content (AvgIpc) is 2.93. The number of thioether (sulfide) groups is 1. The van der Waals surface area contributed by atoms with Gasteiger partial charge < -0.3 is 15.8 Å². The zero-order chi connectivity index (χ0) is 25.1. The number of nitrogens with two attached hydrogens (primary N) is 1. The molecule has 3 aliphatic heterocycles. The number of nitrogens with one attached hydrogen (secondary N) is 1. The molecule has 3 aromatic carbocycles. The van der Waals surface area contributed by atoms with Gasteiger partial charge in [-0.3, -0.25) is 9.69 Å². The summed E-state index contributed by atoms with van der Waals surface area (Å²) in [6.07, 6.45) is 3.06. The smallest absolute Gasteiger partial charge is 0.222 e. The van der Waals surface area contributed by atoms with Crippen LogP contribution in [0, 0.1) is 11.8 Å². The number of hydrogen-bond acceptors (Lipinski definition) is 5. The second-order valence-corrected chi connectivity index (χ2v) is 10.7. The topological polar surface area (TPSA) is 67.6 Å². The summed E-state index contributed by atoms with van der Waals surface area (Å²) in [7, 11) is 1.72. The van der Waals surface area contributed by atoms with Gasteiger partial charge in [-0.15, -0.1) is 36.6 Å². The zero-order valence-electron chi connectivity index (χ0n) is 21.8. The minimum absolute atomic E-state index is 0. The molecular formula is C30H37Cl2N3O2S. The van der Waals surface area contributed by atoms with Crippen molar-refractivity contribution in [3.63, 3.8) is 0 Å². The number of ether oxygens (including phenoxy) is 1. The van der Waals surface area contributed by atoms with E-state index >= 15 is 0 Å². The third-order valence-corrected chi connectivity index (χ3v) is 8.71. The van der Waals surface area contributed by atoms with Gasteiger partial charge in [0.25, 0.3) is 0 Å². The summed E-state index contributed by atoms with van der Waals surface area (Å²) in [6, 6.07) is 28.2. The second kappa shape index (κ2) is 13.7. The molecule has 5 atom stereocenters. The van der Waals surface area contributed by atoms with Crippen molar-refractivity contribution in [3.05, 3.63) is 95.6 Å². The molecule has 0 radical (unpaired) electrons. The SMILES string of the molecule is COc1ccc(SC)cc1CNC1C2CCN(CC2C(N)=O)C1C(c1ccccc1)c1ccccc1.Cl.Cl. The highest BCUT2D eigenvalue weighted by molar-refractivity contribution is 7.98. The predicted molar refractivity (Wildman–Crippen MR) is 161 cm³/mol. The number of fused-ring (bicyclic) bond motifs is 3. The van der Waals surface area contributed by atoms with E-state index in [2.05, 4.69) is 89.3 Å². The lowest BCUT2D eigenvalue weighted by molar-refractivity contribution is -0.132. The number of amides is 1. The molecule has 3 N–H and O–H groups in total. The molecule has 0 aromatic heterocycles. The van der Waals surface area contributed by atoms with Crippen molar-refractivity contribution in [1.82, 2.24) is 10.2 Å². The number of carbonyl (C=O) groups is 1. The van der Waals surface area contributed by atoms with Crippen molar-refractivity contribution >= 4 is 42.5 Å². The van der Waals surface area contributed by atoms with Crippen molar-refractivity contribution in [3.8, 4) is 5.75 Å². The predicted octanol–water partition coefficient (Wildman–Crippen LogP) is 5.36. The maximum atomic E-state index is 12.5. The number of nitrogens with zero attached hydrogens (tertiary/aromatic N) is 1. The maximum absolute atomic E-state index is 12.5. The highest BCUT2D eigenvalue weighted by Gasteiger charge is 2.51. The number of piperidine rings is 3. The van der Waals surface area contributed by atoms with Crippen LogP contribution < -0.4 is 15.8 Å². The van der Waals surface area contributed by atoms with Gasteiger partial charge in [-0.05, 0) is 54.5 Å². The van der Waals surface area contributed by atoms with Crippen LogP contribution in [0.4, 0.5) is 0 Å². The molecule has 2 bridgehead atoms. The molecule has 0 spiro atoms. The van der Waals surface area contributed by atoms with Gasteiger partial charge in [0.2, 0.25) is 5.91 Å². The number of rotatable bonds is 9. The van der Waals surface area contributed by atoms with E-state index in [4.69, 9.17) is 10.5 Å². The van der Waals surface area contributed by atoms with Crippen LogP contribution in [0.3, 0.4) is 0 Å². The minimum Gasteiger partial charge on any atom is -0.496 e. The Morgan fingerprint density at radius 1 is 1.05 bits per heavy atom. The average molecular weight is 575 g/mol. The summed E-state index contributed by atoms with van der Waals surface area (Å²) in [4.78, 5) is 16.2. The standard InChI is InChI=1S/C30H35N3O2S.2ClH/c1-35-26-14-13-23(36-2)17-22(26)18-32-28-24-15-16-33(19-25(24)30(31)34)29(28)27(20-9-5-3-6-10-20)21-11-7-4-8-12-21;;/h3-14,17,24-25,27-29,32H,15-16,18-19H2,1-2H3,(H2,31,34);2*1H. The van der Waals surface area contributed by atoms with Gasteiger partial charge in [0.15, 0.2) is 0 Å². The van der Waals surface area contributed by atoms with E-state index < -0.39 is 0 Å². The molecule has 8 heteroatoms. The first kappa shape index (κ1) is 30.3. The largest absolute Gasteiger partial charge is 0.496 e. The molecule has 3 heterocycles. The van der Waals surface area contributed by atoms with Gasteiger partial charge in [0, 0.05) is 41.6 Å². The summed E-state index contributed by atoms with van der Waals surface area (Å²) in [5.74, 6) is 0.933. The fourth-order valence-corrected chi connectivity index (χ4v) is 6.79. The Labute approximate surface area is 242 Å². The first-order valence-electron chi connectivity index (χ1n) is 12.7.